The van der Waals surface area contributed by atoms with Crippen LogP contribution in [-0.4, -0.2) is 14.8 Å². The lowest BCUT2D eigenvalue weighted by atomic mass is 9.93. The molecule has 0 spiro atoms. The summed E-state index contributed by atoms with van der Waals surface area (Å²) >= 11 is 18.8. The molecule has 2 atom stereocenters. The lowest BCUT2D eigenvalue weighted by Gasteiger charge is -2.32. The van der Waals surface area contributed by atoms with Crippen molar-refractivity contribution < 1.29 is 0 Å². The third kappa shape index (κ3) is 2.75. The van der Waals surface area contributed by atoms with Crippen molar-refractivity contribution >= 4 is 40.8 Å². The molecule has 0 saturated carbocycles. The molecule has 24 heavy (non-hydrogen) atoms. The fourth-order valence-electron chi connectivity index (χ4n) is 3.11. The Morgan fingerprint density at radius 3 is 2.62 bits per heavy atom. The number of halogens is 3. The molecule has 4 nitrogen and oxygen atoms in total. The van der Waals surface area contributed by atoms with Crippen LogP contribution in [0.15, 0.2) is 48.8 Å². The van der Waals surface area contributed by atoms with Crippen LogP contribution in [0.4, 0.5) is 5.95 Å². The summed E-state index contributed by atoms with van der Waals surface area (Å²) in [6.07, 6.45) is 2.29. The number of hydrogen-bond donors (Lipinski definition) is 1. The fraction of sp³-hybridized carbons (Fsp3) is 0.176. The summed E-state index contributed by atoms with van der Waals surface area (Å²) in [5.41, 5.74) is 2.00. The summed E-state index contributed by atoms with van der Waals surface area (Å²) in [4.78, 5) is 4.31. The molecule has 0 unspecified atom stereocenters. The Balaban J connectivity index is 1.78. The van der Waals surface area contributed by atoms with Gasteiger partial charge in [0.05, 0.1) is 12.1 Å². The molecule has 3 aromatic rings. The monoisotopic (exact) mass is 378 g/mol. The van der Waals surface area contributed by atoms with E-state index in [-0.39, 0.29) is 12.1 Å². The highest BCUT2D eigenvalue weighted by Gasteiger charge is 2.31. The van der Waals surface area contributed by atoms with Gasteiger partial charge in [0.15, 0.2) is 0 Å². The van der Waals surface area contributed by atoms with Crippen molar-refractivity contribution in [3.8, 4) is 0 Å². The Morgan fingerprint density at radius 2 is 1.83 bits per heavy atom. The van der Waals surface area contributed by atoms with Crippen LogP contribution < -0.4 is 5.32 Å². The van der Waals surface area contributed by atoms with Crippen LogP contribution in [0.3, 0.4) is 0 Å². The van der Waals surface area contributed by atoms with E-state index >= 15 is 0 Å². The topological polar surface area (TPSA) is 42.7 Å². The summed E-state index contributed by atoms with van der Waals surface area (Å²) in [7, 11) is 0. The highest BCUT2D eigenvalue weighted by molar-refractivity contribution is 6.35. The van der Waals surface area contributed by atoms with Crippen LogP contribution in [0.1, 0.15) is 29.6 Å². The summed E-state index contributed by atoms with van der Waals surface area (Å²) < 4.78 is 1.85. The molecule has 0 bridgehead atoms. The molecule has 4 rings (SSSR count). The van der Waals surface area contributed by atoms with E-state index in [4.69, 9.17) is 34.8 Å². The van der Waals surface area contributed by atoms with Gasteiger partial charge in [-0.05, 0) is 35.7 Å². The fourth-order valence-corrected chi connectivity index (χ4v) is 3.91. The zero-order valence-electron chi connectivity index (χ0n) is 12.5. The average Bonchev–Trinajstić information content (AvgIpc) is 3.03. The van der Waals surface area contributed by atoms with Crippen LogP contribution >= 0.6 is 34.8 Å². The highest BCUT2D eigenvalue weighted by atomic mass is 35.5. The second-order valence-corrected chi connectivity index (χ2v) is 6.91. The SMILES string of the molecule is Clc1ccc([C@@H]2C[C@H](c3ccccc3Cl)Nc3ncnn32)c(Cl)c1. The maximum Gasteiger partial charge on any atom is 0.222 e. The van der Waals surface area contributed by atoms with Gasteiger partial charge in [0, 0.05) is 15.1 Å². The van der Waals surface area contributed by atoms with Crippen molar-refractivity contribution in [2.45, 2.75) is 18.5 Å². The van der Waals surface area contributed by atoms with E-state index in [0.29, 0.717) is 16.0 Å². The molecule has 0 radical (unpaired) electrons. The quantitative estimate of drug-likeness (QED) is 0.649. The van der Waals surface area contributed by atoms with Gasteiger partial charge < -0.3 is 5.32 Å². The van der Waals surface area contributed by atoms with Crippen LogP contribution in [0.5, 0.6) is 0 Å². The van der Waals surface area contributed by atoms with E-state index in [1.165, 1.54) is 6.33 Å². The van der Waals surface area contributed by atoms with Crippen molar-refractivity contribution in [3.63, 3.8) is 0 Å². The van der Waals surface area contributed by atoms with E-state index in [1.54, 1.807) is 6.07 Å². The second kappa shape index (κ2) is 6.28. The minimum Gasteiger partial charge on any atom is -0.347 e. The number of nitrogens with zero attached hydrogens (tertiary/aromatic N) is 3. The zero-order chi connectivity index (χ0) is 16.7. The Kier molecular flexibility index (Phi) is 4.12. The van der Waals surface area contributed by atoms with E-state index in [2.05, 4.69) is 15.4 Å². The van der Waals surface area contributed by atoms with Gasteiger partial charge >= 0.3 is 0 Å². The molecular formula is C17H13Cl3N4. The summed E-state index contributed by atoms with van der Waals surface area (Å²) in [6.45, 7) is 0. The number of benzene rings is 2. The Labute approximate surface area is 154 Å². The first kappa shape index (κ1) is 15.8. The largest absolute Gasteiger partial charge is 0.347 e. The van der Waals surface area contributed by atoms with Gasteiger partial charge in [-0.1, -0.05) is 59.1 Å². The van der Waals surface area contributed by atoms with Gasteiger partial charge in [0.1, 0.15) is 6.33 Å². The lowest BCUT2D eigenvalue weighted by Crippen LogP contribution is -2.28. The normalized spacial score (nSPS) is 19.6. The van der Waals surface area contributed by atoms with E-state index in [9.17, 15) is 0 Å². The zero-order valence-corrected chi connectivity index (χ0v) is 14.7. The van der Waals surface area contributed by atoms with Crippen molar-refractivity contribution in [2.24, 2.45) is 0 Å². The van der Waals surface area contributed by atoms with Crippen LogP contribution in [-0.2, 0) is 0 Å². The third-order valence-electron chi connectivity index (χ3n) is 4.23. The first-order valence-corrected chi connectivity index (χ1v) is 8.62. The number of fused-ring (bicyclic) bond motifs is 1. The van der Waals surface area contributed by atoms with Gasteiger partial charge in [0.25, 0.3) is 0 Å². The summed E-state index contributed by atoms with van der Waals surface area (Å²) in [6, 6.07) is 13.3. The molecule has 2 aromatic carbocycles. The molecule has 7 heteroatoms. The first-order chi connectivity index (χ1) is 11.6. The molecule has 0 aliphatic carbocycles. The van der Waals surface area contributed by atoms with E-state index in [0.717, 1.165) is 22.6 Å². The van der Waals surface area contributed by atoms with Gasteiger partial charge in [-0.15, -0.1) is 0 Å². The van der Waals surface area contributed by atoms with Crippen molar-refractivity contribution in [2.75, 3.05) is 5.32 Å². The predicted octanol–water partition coefficient (Wildman–Crippen LogP) is 5.38. The number of nitrogens with one attached hydrogen (secondary N) is 1. The number of rotatable bonds is 2. The average molecular weight is 380 g/mol. The van der Waals surface area contributed by atoms with Gasteiger partial charge in [0.2, 0.25) is 5.95 Å². The second-order valence-electron chi connectivity index (χ2n) is 5.66. The molecule has 122 valence electrons. The lowest BCUT2D eigenvalue weighted by molar-refractivity contribution is 0.431. The maximum absolute atomic E-state index is 6.43. The molecule has 1 aromatic heterocycles. The van der Waals surface area contributed by atoms with E-state index < -0.39 is 0 Å². The first-order valence-electron chi connectivity index (χ1n) is 7.49. The van der Waals surface area contributed by atoms with Crippen LogP contribution in [0, 0.1) is 0 Å². The Morgan fingerprint density at radius 1 is 1.00 bits per heavy atom. The third-order valence-corrected chi connectivity index (χ3v) is 5.14. The predicted molar refractivity (Wildman–Crippen MR) is 97.1 cm³/mol. The number of hydrogen-bond acceptors (Lipinski definition) is 3. The molecule has 0 fully saturated rings. The van der Waals surface area contributed by atoms with Crippen molar-refractivity contribution in [3.05, 3.63) is 75.0 Å². The molecule has 1 aliphatic rings. The van der Waals surface area contributed by atoms with Gasteiger partial charge in [-0.2, -0.15) is 10.1 Å². The number of anilines is 1. The Hall–Kier alpha value is -1.75. The smallest absolute Gasteiger partial charge is 0.222 e. The molecule has 1 aliphatic heterocycles. The Bertz CT molecular complexity index is 893. The standard InChI is InChI=1S/C17H13Cl3N4/c18-10-5-6-12(14(20)7-10)16-8-15(11-3-1-2-4-13(11)19)23-17-21-9-22-24(16)17/h1-7,9,15-16H,8H2,(H,21,22,23)/t15-,16+/m1/s1. The molecule has 0 amide bonds. The number of aromatic nitrogens is 3. The summed E-state index contributed by atoms with van der Waals surface area (Å²) in [5.74, 6) is 0.696. The maximum atomic E-state index is 6.43. The highest BCUT2D eigenvalue weighted by Crippen LogP contribution is 2.41. The molecule has 2 heterocycles. The minimum atomic E-state index is -0.0465. The summed E-state index contributed by atoms with van der Waals surface area (Å²) in [5, 5.41) is 9.70. The minimum absolute atomic E-state index is 0.0205. The molecular weight excluding hydrogens is 367 g/mol. The van der Waals surface area contributed by atoms with Crippen LogP contribution in [0.2, 0.25) is 15.1 Å². The molecule has 1 N–H and O–H groups in total. The van der Waals surface area contributed by atoms with Crippen LogP contribution in [0.25, 0.3) is 0 Å². The van der Waals surface area contributed by atoms with E-state index in [1.807, 2.05) is 41.1 Å². The van der Waals surface area contributed by atoms with Crippen molar-refractivity contribution in [1.29, 1.82) is 0 Å². The van der Waals surface area contributed by atoms with Gasteiger partial charge in [-0.25, -0.2) is 4.68 Å². The van der Waals surface area contributed by atoms with Gasteiger partial charge in [-0.3, -0.25) is 0 Å². The molecule has 0 saturated heterocycles. The van der Waals surface area contributed by atoms with Crippen molar-refractivity contribution in [1.82, 2.24) is 14.8 Å².